The van der Waals surface area contributed by atoms with Crippen molar-refractivity contribution in [2.24, 2.45) is 4.99 Å². The second kappa shape index (κ2) is 10.0. The van der Waals surface area contributed by atoms with Crippen LogP contribution in [0.5, 0.6) is 11.6 Å². The second-order valence-electron chi connectivity index (χ2n) is 7.29. The van der Waals surface area contributed by atoms with Crippen LogP contribution in [0.15, 0.2) is 76.5 Å². The summed E-state index contributed by atoms with van der Waals surface area (Å²) in [7, 11) is 0. The Hall–Kier alpha value is -4.45. The lowest BCUT2D eigenvalue weighted by molar-refractivity contribution is -0.143. The van der Waals surface area contributed by atoms with E-state index in [0.717, 1.165) is 4.57 Å². The van der Waals surface area contributed by atoms with Gasteiger partial charge in [-0.15, -0.1) is 0 Å². The molecule has 0 saturated carbocycles. The minimum absolute atomic E-state index is 0.0525. The van der Waals surface area contributed by atoms with E-state index in [9.17, 15) is 22.8 Å². The topological polar surface area (TPSA) is 122 Å². The third-order valence-electron chi connectivity index (χ3n) is 4.73. The molecule has 4 rings (SSSR count). The summed E-state index contributed by atoms with van der Waals surface area (Å²) in [4.78, 5) is 31.8. The molecule has 0 saturated heterocycles. The Balaban J connectivity index is 1.68. The van der Waals surface area contributed by atoms with Crippen LogP contribution in [0.25, 0.3) is 0 Å². The summed E-state index contributed by atoms with van der Waals surface area (Å²) < 4.78 is 46.2. The number of H-pyrrole nitrogens is 1. The number of aromatic nitrogens is 4. The van der Waals surface area contributed by atoms with Crippen molar-refractivity contribution in [1.29, 1.82) is 0 Å². The summed E-state index contributed by atoms with van der Waals surface area (Å²) in [6.07, 6.45) is -4.96. The first-order valence-corrected chi connectivity index (χ1v) is 10.5. The number of aromatic carboxylic acids is 1. The molecule has 0 unspecified atom stereocenters. The number of carbonyl (C=O) groups is 1. The van der Waals surface area contributed by atoms with Crippen LogP contribution in [0.3, 0.4) is 0 Å². The monoisotopic (exact) mass is 517 g/mol. The molecule has 9 nitrogen and oxygen atoms in total. The van der Waals surface area contributed by atoms with E-state index in [1.807, 2.05) is 0 Å². The molecule has 0 amide bonds. The number of hydrogen-bond donors (Lipinski definition) is 2. The number of nitrogens with one attached hydrogen (secondary N) is 1. The number of aromatic amines is 1. The average Bonchev–Trinajstić information content (AvgIpc) is 2.83. The highest BCUT2D eigenvalue weighted by atomic mass is 35.5. The van der Waals surface area contributed by atoms with Gasteiger partial charge < -0.3 is 9.84 Å². The molecule has 0 radical (unpaired) electrons. The van der Waals surface area contributed by atoms with Gasteiger partial charge in [-0.05, 0) is 48.0 Å². The van der Waals surface area contributed by atoms with Gasteiger partial charge in [0, 0.05) is 11.1 Å². The van der Waals surface area contributed by atoms with Gasteiger partial charge in [-0.1, -0.05) is 29.8 Å². The van der Waals surface area contributed by atoms with E-state index in [1.165, 1.54) is 42.5 Å². The van der Waals surface area contributed by atoms with Crippen LogP contribution >= 0.6 is 11.6 Å². The largest absolute Gasteiger partial charge is 0.477 e. The predicted molar refractivity (Wildman–Crippen MR) is 121 cm³/mol. The Labute approximate surface area is 205 Å². The first kappa shape index (κ1) is 24.7. The van der Waals surface area contributed by atoms with Crippen LogP contribution in [0.1, 0.15) is 21.7 Å². The average molecular weight is 518 g/mol. The number of alkyl halides is 3. The van der Waals surface area contributed by atoms with Crippen molar-refractivity contribution >= 4 is 23.3 Å². The third-order valence-corrected chi connectivity index (χ3v) is 4.98. The molecule has 0 spiro atoms. The Kier molecular flexibility index (Phi) is 6.88. The van der Waals surface area contributed by atoms with Gasteiger partial charge in [0.15, 0.2) is 5.69 Å². The van der Waals surface area contributed by atoms with Crippen LogP contribution in [-0.4, -0.2) is 30.8 Å². The van der Waals surface area contributed by atoms with Crippen molar-refractivity contribution < 1.29 is 27.8 Å². The smallest absolute Gasteiger partial charge is 0.440 e. The van der Waals surface area contributed by atoms with Crippen LogP contribution < -0.4 is 15.9 Å². The minimum Gasteiger partial charge on any atom is -0.477 e. The molecule has 2 aromatic carbocycles. The fraction of sp³-hybridized carbons (Fsp3) is 0.0870. The SMILES string of the molecule is O=C(O)c1cccc(Oc2ccc(/N=c3\[nH]nc(C(F)(F)F)c(=O)n3Cc3ccc(Cl)cc3)cc2)n1. The molecule has 2 N–H and O–H groups in total. The highest BCUT2D eigenvalue weighted by molar-refractivity contribution is 6.30. The molecule has 0 bridgehead atoms. The van der Waals surface area contributed by atoms with Gasteiger partial charge in [0.1, 0.15) is 5.75 Å². The molecule has 36 heavy (non-hydrogen) atoms. The van der Waals surface area contributed by atoms with E-state index >= 15 is 0 Å². The number of hydrogen-bond acceptors (Lipinski definition) is 6. The summed E-state index contributed by atoms with van der Waals surface area (Å²) in [6.45, 7) is -0.219. The highest BCUT2D eigenvalue weighted by Gasteiger charge is 2.37. The molecule has 2 aromatic heterocycles. The Morgan fingerprint density at radius 2 is 1.78 bits per heavy atom. The Morgan fingerprint density at radius 1 is 1.08 bits per heavy atom. The lowest BCUT2D eigenvalue weighted by Crippen LogP contribution is -2.41. The standard InChI is InChI=1S/C23H15ClF3N5O4/c24-14-6-4-13(5-7-14)12-32-20(33)19(23(25,26)27)30-31-22(32)28-15-8-10-16(11-9-15)36-18-3-1-2-17(29-18)21(34)35/h1-11H,12H2,(H,28,31)(H,34,35). The van der Waals surface area contributed by atoms with Gasteiger partial charge in [-0.2, -0.15) is 18.3 Å². The number of ether oxygens (including phenoxy) is 1. The number of halogens is 4. The van der Waals surface area contributed by atoms with Crippen LogP contribution in [-0.2, 0) is 12.7 Å². The van der Waals surface area contributed by atoms with Gasteiger partial charge >= 0.3 is 12.1 Å². The summed E-state index contributed by atoms with van der Waals surface area (Å²) >= 11 is 5.86. The number of pyridine rings is 1. The van der Waals surface area contributed by atoms with Crippen molar-refractivity contribution in [2.75, 3.05) is 0 Å². The van der Waals surface area contributed by atoms with Crippen molar-refractivity contribution in [1.82, 2.24) is 19.7 Å². The first-order valence-electron chi connectivity index (χ1n) is 10.1. The molecular formula is C23H15ClF3N5O4. The van der Waals surface area contributed by atoms with Crippen molar-refractivity contribution in [3.8, 4) is 11.6 Å². The van der Waals surface area contributed by atoms with Crippen LogP contribution in [0.2, 0.25) is 5.02 Å². The molecule has 13 heteroatoms. The summed E-state index contributed by atoms with van der Waals surface area (Å²) in [5.41, 5.74) is -2.58. The Morgan fingerprint density at radius 3 is 2.42 bits per heavy atom. The minimum atomic E-state index is -4.96. The van der Waals surface area contributed by atoms with E-state index < -0.39 is 23.4 Å². The molecule has 0 atom stereocenters. The number of benzene rings is 2. The maximum absolute atomic E-state index is 13.3. The number of nitrogens with zero attached hydrogens (tertiary/aromatic N) is 4. The molecule has 0 aliphatic carbocycles. The zero-order valence-corrected chi connectivity index (χ0v) is 18.8. The molecule has 0 aliphatic heterocycles. The number of rotatable bonds is 6. The van der Waals surface area contributed by atoms with Gasteiger partial charge in [-0.3, -0.25) is 9.36 Å². The third kappa shape index (κ3) is 5.78. The zero-order chi connectivity index (χ0) is 25.9. The van der Waals surface area contributed by atoms with E-state index in [0.29, 0.717) is 16.3 Å². The predicted octanol–water partition coefficient (Wildman–Crippen LogP) is 4.41. The second-order valence-corrected chi connectivity index (χ2v) is 7.72. The fourth-order valence-electron chi connectivity index (χ4n) is 3.05. The van der Waals surface area contributed by atoms with Crippen LogP contribution in [0.4, 0.5) is 18.9 Å². The quantitative estimate of drug-likeness (QED) is 0.390. The molecule has 184 valence electrons. The maximum atomic E-state index is 13.3. The van der Waals surface area contributed by atoms with Crippen LogP contribution in [0, 0.1) is 0 Å². The lowest BCUT2D eigenvalue weighted by Gasteiger charge is -2.11. The molecule has 0 aliphatic rings. The van der Waals surface area contributed by atoms with Gasteiger partial charge in [0.25, 0.3) is 5.56 Å². The van der Waals surface area contributed by atoms with E-state index in [4.69, 9.17) is 21.4 Å². The van der Waals surface area contributed by atoms with Gasteiger partial charge in [0.05, 0.1) is 12.2 Å². The molecule has 2 heterocycles. The highest BCUT2D eigenvalue weighted by Crippen LogP contribution is 2.25. The first-order chi connectivity index (χ1) is 17.1. The van der Waals surface area contributed by atoms with E-state index in [1.54, 1.807) is 24.3 Å². The summed E-state index contributed by atoms with van der Waals surface area (Å²) in [6, 6.07) is 16.5. The van der Waals surface area contributed by atoms with Crippen molar-refractivity contribution in [3.63, 3.8) is 0 Å². The maximum Gasteiger partial charge on any atom is 0.440 e. The molecular weight excluding hydrogens is 503 g/mol. The molecule has 4 aromatic rings. The normalized spacial score (nSPS) is 11.9. The van der Waals surface area contributed by atoms with E-state index in [2.05, 4.69) is 20.2 Å². The van der Waals surface area contributed by atoms with Crippen molar-refractivity contribution in [3.05, 3.63) is 105 Å². The van der Waals surface area contributed by atoms with Crippen molar-refractivity contribution in [2.45, 2.75) is 12.7 Å². The van der Waals surface area contributed by atoms with Gasteiger partial charge in [-0.25, -0.2) is 19.9 Å². The zero-order valence-electron chi connectivity index (χ0n) is 18.0. The molecule has 0 fully saturated rings. The van der Waals surface area contributed by atoms with Gasteiger partial charge in [0.2, 0.25) is 17.2 Å². The summed E-state index contributed by atoms with van der Waals surface area (Å²) in [5.74, 6) is -0.852. The Bertz CT molecular complexity index is 1530. The fourth-order valence-corrected chi connectivity index (χ4v) is 3.18. The summed E-state index contributed by atoms with van der Waals surface area (Å²) in [5, 5.41) is 14.8. The number of carboxylic acids is 1. The number of carboxylic acid groups (broad SMARTS) is 1. The lowest BCUT2D eigenvalue weighted by atomic mass is 10.2. The van der Waals surface area contributed by atoms with E-state index in [-0.39, 0.29) is 29.4 Å².